The molecule has 0 aliphatic heterocycles. The molecule has 0 radical (unpaired) electrons. The highest BCUT2D eigenvalue weighted by Crippen LogP contribution is 2.25. The molecule has 8 heteroatoms. The first-order valence-corrected chi connectivity index (χ1v) is 15.1. The van der Waals surface area contributed by atoms with Crippen molar-refractivity contribution in [3.8, 4) is 0 Å². The number of carbonyl (C=O) groups is 5. The van der Waals surface area contributed by atoms with E-state index in [1.165, 1.54) is 0 Å². The normalized spacial score (nSPS) is 12.3. The van der Waals surface area contributed by atoms with E-state index in [-0.39, 0.29) is 25.7 Å². The summed E-state index contributed by atoms with van der Waals surface area (Å²) in [6.45, 7) is 0. The van der Waals surface area contributed by atoms with E-state index < -0.39 is 41.3 Å². The van der Waals surface area contributed by atoms with Gasteiger partial charge in [0.1, 0.15) is 0 Å². The summed E-state index contributed by atoms with van der Waals surface area (Å²) >= 11 is 0. The molecule has 0 aliphatic carbocycles. The van der Waals surface area contributed by atoms with Crippen molar-refractivity contribution in [1.82, 2.24) is 5.32 Å². The summed E-state index contributed by atoms with van der Waals surface area (Å²) in [5, 5.41) is 15.7. The van der Waals surface area contributed by atoms with E-state index in [0.717, 1.165) is 32.7 Å². The van der Waals surface area contributed by atoms with Crippen LogP contribution in [0.3, 0.4) is 0 Å². The molecular weight excluding hydrogens is 580 g/mol. The van der Waals surface area contributed by atoms with E-state index >= 15 is 0 Å². The monoisotopic (exact) mass is 614 g/mol. The third kappa shape index (κ3) is 7.71. The second-order valence-electron chi connectivity index (χ2n) is 11.4. The second-order valence-corrected chi connectivity index (χ2v) is 11.4. The van der Waals surface area contributed by atoms with Crippen molar-refractivity contribution in [2.24, 2.45) is 11.7 Å². The fourth-order valence-corrected chi connectivity index (χ4v) is 5.78. The molecule has 232 valence electrons. The number of benzene rings is 5. The van der Waals surface area contributed by atoms with Gasteiger partial charge in [0.25, 0.3) is 11.8 Å². The van der Waals surface area contributed by atoms with Crippen LogP contribution in [-0.4, -0.2) is 40.5 Å². The number of carbonyl (C=O) groups excluding carboxylic acids is 4. The van der Waals surface area contributed by atoms with Gasteiger partial charge in [-0.05, 0) is 70.0 Å². The smallest absolute Gasteiger partial charge is 0.303 e. The summed E-state index contributed by atoms with van der Waals surface area (Å²) in [5.74, 6) is -6.07. The van der Waals surface area contributed by atoms with Crippen LogP contribution in [0.5, 0.6) is 0 Å². The number of amides is 2. The van der Waals surface area contributed by atoms with E-state index in [1.807, 2.05) is 97.1 Å². The molecule has 46 heavy (non-hydrogen) atoms. The van der Waals surface area contributed by atoms with Gasteiger partial charge in [-0.25, -0.2) is 0 Å². The van der Waals surface area contributed by atoms with Gasteiger partial charge in [-0.1, -0.05) is 103 Å². The van der Waals surface area contributed by atoms with Crippen molar-refractivity contribution in [3.05, 3.63) is 131 Å². The Bertz CT molecular complexity index is 1930. The summed E-state index contributed by atoms with van der Waals surface area (Å²) in [5.41, 5.74) is 8.11. The third-order valence-corrected chi connectivity index (χ3v) is 8.14. The quantitative estimate of drug-likeness (QED) is 0.113. The zero-order valence-corrected chi connectivity index (χ0v) is 25.1. The first kappa shape index (κ1) is 31.8. The van der Waals surface area contributed by atoms with Gasteiger partial charge < -0.3 is 16.2 Å². The predicted octanol–water partition coefficient (Wildman–Crippen LogP) is 5.42. The molecule has 0 aromatic heterocycles. The fraction of sp³-hybridized carbons (Fsp3) is 0.184. The molecule has 0 spiro atoms. The molecule has 0 bridgehead atoms. The summed E-state index contributed by atoms with van der Waals surface area (Å²) in [4.78, 5) is 64.6. The minimum atomic E-state index is -1.46. The number of fused-ring (bicyclic) bond motifs is 2. The van der Waals surface area contributed by atoms with Crippen LogP contribution in [0.15, 0.2) is 109 Å². The maximum absolute atomic E-state index is 14.1. The molecule has 5 rings (SSSR count). The number of primary amides is 1. The van der Waals surface area contributed by atoms with Crippen LogP contribution in [-0.2, 0) is 32.0 Å². The predicted molar refractivity (Wildman–Crippen MR) is 176 cm³/mol. The number of aliphatic carboxylic acids is 1. The van der Waals surface area contributed by atoms with Crippen LogP contribution in [0.25, 0.3) is 21.5 Å². The lowest BCUT2D eigenvalue weighted by Gasteiger charge is -2.23. The lowest BCUT2D eigenvalue weighted by molar-refractivity contribution is -0.143. The van der Waals surface area contributed by atoms with Crippen molar-refractivity contribution in [3.63, 3.8) is 0 Å². The average Bonchev–Trinajstić information content (AvgIpc) is 3.06. The number of ketones is 2. The summed E-state index contributed by atoms with van der Waals surface area (Å²) in [6, 6.07) is 32.8. The van der Waals surface area contributed by atoms with Crippen molar-refractivity contribution >= 4 is 50.9 Å². The van der Waals surface area contributed by atoms with E-state index in [2.05, 4.69) is 5.32 Å². The first-order chi connectivity index (χ1) is 22.2. The van der Waals surface area contributed by atoms with Crippen LogP contribution in [0, 0.1) is 5.92 Å². The largest absolute Gasteiger partial charge is 0.481 e. The Labute approximate surface area is 266 Å². The molecule has 5 aromatic rings. The van der Waals surface area contributed by atoms with Crippen LogP contribution in [0.4, 0.5) is 0 Å². The Balaban J connectivity index is 1.48. The highest BCUT2D eigenvalue weighted by Gasteiger charge is 2.36. The van der Waals surface area contributed by atoms with Gasteiger partial charge in [0.2, 0.25) is 5.78 Å². The van der Waals surface area contributed by atoms with Crippen molar-refractivity contribution in [1.29, 1.82) is 0 Å². The minimum absolute atomic E-state index is 0.0429. The molecule has 0 saturated heterocycles. The minimum Gasteiger partial charge on any atom is -0.481 e. The molecule has 0 heterocycles. The lowest BCUT2D eigenvalue weighted by atomic mass is 9.85. The van der Waals surface area contributed by atoms with Gasteiger partial charge >= 0.3 is 5.97 Å². The SMILES string of the molecule is NC(=O)C(=O)[C@@H](Cc1ccc2ccccc2c1)C(=O)[C@H](CCCC(=O)O)NC(=O)c1cc2ccccc2cc1Cc1ccccc1. The van der Waals surface area contributed by atoms with Gasteiger partial charge in [0.05, 0.1) is 12.0 Å². The van der Waals surface area contributed by atoms with Gasteiger partial charge in [-0.3, -0.25) is 24.0 Å². The Morgan fingerprint density at radius 2 is 1.30 bits per heavy atom. The number of nitrogens with two attached hydrogens (primary N) is 1. The number of carboxylic acid groups (broad SMARTS) is 1. The van der Waals surface area contributed by atoms with E-state index in [4.69, 9.17) is 5.73 Å². The Morgan fingerprint density at radius 1 is 0.696 bits per heavy atom. The Hall–Kier alpha value is -5.63. The van der Waals surface area contributed by atoms with Crippen LogP contribution >= 0.6 is 0 Å². The molecule has 0 unspecified atom stereocenters. The summed E-state index contributed by atoms with van der Waals surface area (Å²) < 4.78 is 0. The highest BCUT2D eigenvalue weighted by atomic mass is 16.4. The molecule has 2 amide bonds. The van der Waals surface area contributed by atoms with Crippen LogP contribution < -0.4 is 11.1 Å². The standard InChI is InChI=1S/C38H34N2O6/c39-37(45)36(44)32(21-25-17-18-26-11-4-5-12-27(26)20-25)35(43)33(15-8-16-34(41)42)40-38(46)31-23-29-14-7-6-13-28(29)22-30(31)19-24-9-2-1-3-10-24/h1-7,9-14,17-18,20,22-23,32-33H,8,15-16,19,21H2,(H2,39,45)(H,40,46)(H,41,42)/t32-,33-/m0/s1. The summed E-state index contributed by atoms with van der Waals surface area (Å²) in [6.07, 6.45) is 0.129. The molecule has 5 aromatic carbocycles. The Kier molecular flexibility index (Phi) is 9.97. The number of hydrogen-bond acceptors (Lipinski definition) is 5. The first-order valence-electron chi connectivity index (χ1n) is 15.1. The van der Waals surface area contributed by atoms with Crippen LogP contribution in [0.1, 0.15) is 46.3 Å². The molecule has 0 aliphatic rings. The zero-order valence-electron chi connectivity index (χ0n) is 25.1. The molecule has 0 fully saturated rings. The average molecular weight is 615 g/mol. The third-order valence-electron chi connectivity index (χ3n) is 8.14. The maximum Gasteiger partial charge on any atom is 0.303 e. The number of nitrogens with one attached hydrogen (secondary N) is 1. The topological polar surface area (TPSA) is 144 Å². The summed E-state index contributed by atoms with van der Waals surface area (Å²) in [7, 11) is 0. The van der Waals surface area contributed by atoms with Crippen molar-refractivity contribution in [2.45, 2.75) is 38.1 Å². The fourth-order valence-electron chi connectivity index (χ4n) is 5.78. The molecule has 8 nitrogen and oxygen atoms in total. The number of carboxylic acids is 1. The molecule has 2 atom stereocenters. The number of Topliss-reactive ketones (excluding diaryl/α,β-unsaturated/α-hetero) is 2. The number of rotatable bonds is 14. The number of hydrogen-bond donors (Lipinski definition) is 3. The van der Waals surface area contributed by atoms with E-state index in [0.29, 0.717) is 17.5 Å². The lowest BCUT2D eigenvalue weighted by Crippen LogP contribution is -2.48. The Morgan fingerprint density at radius 3 is 1.96 bits per heavy atom. The zero-order chi connectivity index (χ0) is 32.6. The van der Waals surface area contributed by atoms with E-state index in [1.54, 1.807) is 12.1 Å². The molecule has 0 saturated carbocycles. The van der Waals surface area contributed by atoms with Gasteiger partial charge in [-0.2, -0.15) is 0 Å². The van der Waals surface area contributed by atoms with Crippen LogP contribution in [0.2, 0.25) is 0 Å². The van der Waals surface area contributed by atoms with Gasteiger partial charge in [-0.15, -0.1) is 0 Å². The molecule has 4 N–H and O–H groups in total. The van der Waals surface area contributed by atoms with Crippen molar-refractivity contribution < 1.29 is 29.1 Å². The maximum atomic E-state index is 14.1. The van der Waals surface area contributed by atoms with E-state index in [9.17, 15) is 29.1 Å². The highest BCUT2D eigenvalue weighted by molar-refractivity contribution is 6.40. The van der Waals surface area contributed by atoms with Gasteiger partial charge in [0.15, 0.2) is 5.78 Å². The second kappa shape index (κ2) is 14.4. The van der Waals surface area contributed by atoms with Gasteiger partial charge in [0, 0.05) is 12.0 Å². The van der Waals surface area contributed by atoms with Crippen molar-refractivity contribution in [2.75, 3.05) is 0 Å². The molecular formula is C38H34N2O6.